The van der Waals surface area contributed by atoms with Gasteiger partial charge in [0.25, 0.3) is 0 Å². The molecule has 0 saturated heterocycles. The van der Waals surface area contributed by atoms with Gasteiger partial charge >= 0.3 is 0 Å². The number of ether oxygens (including phenoxy) is 3. The first kappa shape index (κ1) is 19.2. The van der Waals surface area contributed by atoms with E-state index in [1.54, 1.807) is 0 Å². The van der Waals surface area contributed by atoms with Crippen LogP contribution in [0.3, 0.4) is 0 Å². The molecule has 0 unspecified atom stereocenters. The molecule has 0 aromatic carbocycles. The molecule has 8 heteroatoms. The van der Waals surface area contributed by atoms with Gasteiger partial charge in [-0.05, 0) is 44.4 Å². The fourth-order valence-corrected chi connectivity index (χ4v) is 3.04. The number of carbonyl (C=O) groups is 1. The molecule has 2 aliphatic carbocycles. The fourth-order valence-electron chi connectivity index (χ4n) is 2.83. The molecule has 2 saturated carbocycles. The summed E-state index contributed by atoms with van der Waals surface area (Å²) in [6.45, 7) is 5.15. The average Bonchev–Trinajstić information content (AvgIpc) is 3.36. The Morgan fingerprint density at radius 3 is 2.42 bits per heavy atom. The topological polar surface area (TPSA) is 82.6 Å². The smallest absolute Gasteiger partial charge is 0.239 e. The summed E-state index contributed by atoms with van der Waals surface area (Å²) in [6, 6.07) is 0.0247. The summed E-state index contributed by atoms with van der Waals surface area (Å²) < 4.78 is 17.2. The van der Waals surface area contributed by atoms with E-state index in [2.05, 4.69) is 15.3 Å². The number of nitrogens with one attached hydrogen (secondary N) is 1. The summed E-state index contributed by atoms with van der Waals surface area (Å²) in [5.41, 5.74) is 0. The number of rotatable bonds is 10. The van der Waals surface area contributed by atoms with Crippen molar-refractivity contribution >= 4 is 17.5 Å². The first-order chi connectivity index (χ1) is 12.5. The lowest BCUT2D eigenvalue weighted by Gasteiger charge is -2.35. The minimum Gasteiger partial charge on any atom is -0.476 e. The SMILES string of the molecule is CC(=O)N[C@@H](C)COC1CC(COc2ncnc(OCC3CC3)c2Cl)C1. The number of carbonyl (C=O) groups excluding carboxylic acids is 1. The maximum absolute atomic E-state index is 11.0. The van der Waals surface area contributed by atoms with Gasteiger partial charge in [0, 0.05) is 13.0 Å². The number of aromatic nitrogens is 2. The second-order valence-corrected chi connectivity index (χ2v) is 7.64. The number of amides is 1. The predicted octanol–water partition coefficient (Wildman–Crippen LogP) is 2.62. The Hall–Kier alpha value is -1.60. The molecule has 1 N–H and O–H groups in total. The quantitative estimate of drug-likeness (QED) is 0.668. The van der Waals surface area contributed by atoms with Crippen LogP contribution in [0.5, 0.6) is 11.8 Å². The summed E-state index contributed by atoms with van der Waals surface area (Å²) >= 11 is 6.28. The van der Waals surface area contributed by atoms with Crippen LogP contribution in [-0.4, -0.2) is 47.8 Å². The zero-order chi connectivity index (χ0) is 18.5. The Morgan fingerprint density at radius 1 is 1.23 bits per heavy atom. The summed E-state index contributed by atoms with van der Waals surface area (Å²) in [6.07, 6.45) is 5.92. The summed E-state index contributed by atoms with van der Waals surface area (Å²) in [7, 11) is 0. The van der Waals surface area contributed by atoms with E-state index >= 15 is 0 Å². The molecule has 2 fully saturated rings. The van der Waals surface area contributed by atoms with E-state index in [0.29, 0.717) is 48.4 Å². The highest BCUT2D eigenvalue weighted by molar-refractivity contribution is 6.33. The third-order valence-corrected chi connectivity index (χ3v) is 4.88. The van der Waals surface area contributed by atoms with Gasteiger partial charge in [0.05, 0.1) is 25.9 Å². The standard InChI is InChI=1S/C18H26ClN3O4/c1-11(22-12(2)23)7-24-15-5-14(6-15)9-26-18-16(19)17(20-10-21-18)25-8-13-3-4-13/h10-11,13-15H,3-9H2,1-2H3,(H,22,23)/t11-,14?,15?/m0/s1. The van der Waals surface area contributed by atoms with Gasteiger partial charge in [0.1, 0.15) is 6.33 Å². The number of hydrogen-bond donors (Lipinski definition) is 1. The predicted molar refractivity (Wildman–Crippen MR) is 96.5 cm³/mol. The summed E-state index contributed by atoms with van der Waals surface area (Å²) in [4.78, 5) is 19.1. The Kier molecular flexibility index (Phi) is 6.53. The van der Waals surface area contributed by atoms with Gasteiger partial charge < -0.3 is 19.5 Å². The molecule has 0 radical (unpaired) electrons. The van der Waals surface area contributed by atoms with Crippen LogP contribution in [0, 0.1) is 11.8 Å². The molecule has 1 heterocycles. The average molecular weight is 384 g/mol. The molecule has 0 bridgehead atoms. The van der Waals surface area contributed by atoms with Gasteiger partial charge in [-0.2, -0.15) is 0 Å². The largest absolute Gasteiger partial charge is 0.476 e. The van der Waals surface area contributed by atoms with Crippen molar-refractivity contribution in [3.8, 4) is 11.8 Å². The second kappa shape index (κ2) is 8.86. The minimum atomic E-state index is -0.0387. The highest BCUT2D eigenvalue weighted by atomic mass is 35.5. The van der Waals surface area contributed by atoms with Crippen LogP contribution in [0.2, 0.25) is 5.02 Å². The van der Waals surface area contributed by atoms with Crippen molar-refractivity contribution in [2.75, 3.05) is 19.8 Å². The molecule has 2 aliphatic rings. The van der Waals surface area contributed by atoms with E-state index in [1.165, 1.54) is 26.1 Å². The van der Waals surface area contributed by atoms with Crippen LogP contribution in [0.4, 0.5) is 0 Å². The van der Waals surface area contributed by atoms with Crippen molar-refractivity contribution in [2.24, 2.45) is 11.8 Å². The van der Waals surface area contributed by atoms with E-state index in [1.807, 2.05) is 6.92 Å². The molecule has 1 amide bonds. The summed E-state index contributed by atoms with van der Waals surface area (Å²) in [5, 5.41) is 3.14. The minimum absolute atomic E-state index is 0.0247. The highest BCUT2D eigenvalue weighted by Crippen LogP contribution is 2.35. The van der Waals surface area contributed by atoms with Crippen LogP contribution in [0.15, 0.2) is 6.33 Å². The van der Waals surface area contributed by atoms with Gasteiger partial charge in [-0.15, -0.1) is 0 Å². The molecule has 1 aromatic heterocycles. The second-order valence-electron chi connectivity index (χ2n) is 7.26. The molecule has 1 aromatic rings. The van der Waals surface area contributed by atoms with E-state index in [9.17, 15) is 4.79 Å². The van der Waals surface area contributed by atoms with Crippen LogP contribution < -0.4 is 14.8 Å². The molecule has 7 nitrogen and oxygen atoms in total. The van der Waals surface area contributed by atoms with Crippen molar-refractivity contribution in [1.82, 2.24) is 15.3 Å². The molecule has 0 spiro atoms. The molecular weight excluding hydrogens is 358 g/mol. The van der Waals surface area contributed by atoms with Gasteiger partial charge in [0.2, 0.25) is 17.7 Å². The van der Waals surface area contributed by atoms with Crippen LogP contribution >= 0.6 is 11.6 Å². The van der Waals surface area contributed by atoms with Crippen molar-refractivity contribution in [1.29, 1.82) is 0 Å². The highest BCUT2D eigenvalue weighted by Gasteiger charge is 2.31. The Morgan fingerprint density at radius 2 is 1.85 bits per heavy atom. The first-order valence-electron chi connectivity index (χ1n) is 9.16. The molecule has 1 atom stereocenters. The monoisotopic (exact) mass is 383 g/mol. The van der Waals surface area contributed by atoms with E-state index in [4.69, 9.17) is 25.8 Å². The Labute approximate surface area is 158 Å². The Bertz CT molecular complexity index is 620. The van der Waals surface area contributed by atoms with Crippen molar-refractivity contribution in [3.05, 3.63) is 11.3 Å². The van der Waals surface area contributed by atoms with E-state index in [-0.39, 0.29) is 18.1 Å². The molecule has 144 valence electrons. The fraction of sp³-hybridized carbons (Fsp3) is 0.722. The first-order valence-corrected chi connectivity index (χ1v) is 9.53. The summed E-state index contributed by atoms with van der Waals surface area (Å²) in [5.74, 6) is 1.77. The zero-order valence-corrected chi connectivity index (χ0v) is 16.0. The lowest BCUT2D eigenvalue weighted by Crippen LogP contribution is -2.40. The van der Waals surface area contributed by atoms with Crippen LogP contribution in [0.1, 0.15) is 39.5 Å². The molecule has 26 heavy (non-hydrogen) atoms. The lowest BCUT2D eigenvalue weighted by molar-refractivity contribution is -0.120. The number of hydrogen-bond acceptors (Lipinski definition) is 6. The normalized spacial score (nSPS) is 23.0. The van der Waals surface area contributed by atoms with E-state index < -0.39 is 0 Å². The Balaban J connectivity index is 1.35. The third kappa shape index (κ3) is 5.71. The van der Waals surface area contributed by atoms with Crippen molar-refractivity contribution < 1.29 is 19.0 Å². The van der Waals surface area contributed by atoms with E-state index in [0.717, 1.165) is 12.8 Å². The number of nitrogens with zero attached hydrogens (tertiary/aromatic N) is 2. The third-order valence-electron chi connectivity index (χ3n) is 4.56. The van der Waals surface area contributed by atoms with Crippen LogP contribution in [-0.2, 0) is 9.53 Å². The van der Waals surface area contributed by atoms with Gasteiger partial charge in [0.15, 0.2) is 5.02 Å². The molecule has 3 rings (SSSR count). The van der Waals surface area contributed by atoms with Crippen molar-refractivity contribution in [3.63, 3.8) is 0 Å². The van der Waals surface area contributed by atoms with Gasteiger partial charge in [-0.3, -0.25) is 4.79 Å². The lowest BCUT2D eigenvalue weighted by atomic mass is 9.83. The number of halogens is 1. The van der Waals surface area contributed by atoms with Crippen LogP contribution in [0.25, 0.3) is 0 Å². The zero-order valence-electron chi connectivity index (χ0n) is 15.2. The van der Waals surface area contributed by atoms with Crippen molar-refractivity contribution in [2.45, 2.75) is 51.7 Å². The van der Waals surface area contributed by atoms with Gasteiger partial charge in [-0.25, -0.2) is 9.97 Å². The van der Waals surface area contributed by atoms with Gasteiger partial charge in [-0.1, -0.05) is 11.6 Å². The molecule has 0 aliphatic heterocycles. The maximum atomic E-state index is 11.0. The maximum Gasteiger partial charge on any atom is 0.239 e. The molecular formula is C18H26ClN3O4.